The Morgan fingerprint density at radius 2 is 2.31 bits per heavy atom. The minimum absolute atomic E-state index is 0.946. The first-order valence-corrected chi connectivity index (χ1v) is 4.34. The van der Waals surface area contributed by atoms with Gasteiger partial charge in [0, 0.05) is 12.4 Å². The number of thiocarbonyl (C=S) groups is 1. The van der Waals surface area contributed by atoms with Crippen molar-refractivity contribution in [3.63, 3.8) is 0 Å². The first-order valence-electron chi connectivity index (χ1n) is 3.87. The Morgan fingerprint density at radius 3 is 2.92 bits per heavy atom. The molecule has 13 heavy (non-hydrogen) atoms. The lowest BCUT2D eigenvalue weighted by Gasteiger charge is -2.01. The molecule has 0 aliphatic heterocycles. The predicted octanol–water partition coefficient (Wildman–Crippen LogP) is 1.49. The molecule has 0 aliphatic carbocycles. The average Bonchev–Trinajstić information content (AvgIpc) is 2.19. The zero-order valence-electron chi connectivity index (χ0n) is 7.32. The minimum Gasteiger partial charge on any atom is -0.308 e. The van der Waals surface area contributed by atoms with E-state index in [4.69, 9.17) is 0 Å². The number of nitrogens with one attached hydrogen (secondary N) is 2. The summed E-state index contributed by atoms with van der Waals surface area (Å²) in [5.41, 5.74) is 8.90. The quantitative estimate of drug-likeness (QED) is 0.431. The summed E-state index contributed by atoms with van der Waals surface area (Å²) in [7, 11) is 0. The molecule has 4 heteroatoms. The minimum atomic E-state index is 0.946. The molecule has 0 spiro atoms. The van der Waals surface area contributed by atoms with Crippen molar-refractivity contribution in [3.05, 3.63) is 36.3 Å². The SMILES string of the molecule is C/C(=C\NNC=S)c1ccccn1. The van der Waals surface area contributed by atoms with Crippen molar-refractivity contribution in [2.24, 2.45) is 0 Å². The molecule has 0 aliphatic rings. The first-order chi connectivity index (χ1) is 6.34. The fraction of sp³-hybridized carbons (Fsp3) is 0.111. The highest BCUT2D eigenvalue weighted by Gasteiger charge is 1.93. The lowest BCUT2D eigenvalue weighted by atomic mass is 10.2. The van der Waals surface area contributed by atoms with Crippen molar-refractivity contribution in [2.75, 3.05) is 0 Å². The Hall–Kier alpha value is -1.42. The Balaban J connectivity index is 2.62. The van der Waals surface area contributed by atoms with E-state index in [9.17, 15) is 0 Å². The number of nitrogens with zero attached hydrogens (tertiary/aromatic N) is 1. The van der Waals surface area contributed by atoms with Crippen LogP contribution in [-0.4, -0.2) is 10.5 Å². The summed E-state index contributed by atoms with van der Waals surface area (Å²) in [6, 6.07) is 5.79. The number of hydrogen-bond donors (Lipinski definition) is 2. The van der Waals surface area contributed by atoms with Gasteiger partial charge in [-0.3, -0.25) is 10.4 Å². The van der Waals surface area contributed by atoms with Crippen molar-refractivity contribution >= 4 is 23.3 Å². The maximum atomic E-state index is 4.58. The van der Waals surface area contributed by atoms with E-state index in [2.05, 4.69) is 28.1 Å². The lowest BCUT2D eigenvalue weighted by Crippen LogP contribution is -2.23. The second kappa shape index (κ2) is 5.27. The van der Waals surface area contributed by atoms with Crippen molar-refractivity contribution in [1.82, 2.24) is 15.8 Å². The van der Waals surface area contributed by atoms with E-state index in [0.29, 0.717) is 0 Å². The van der Waals surface area contributed by atoms with Gasteiger partial charge in [0.25, 0.3) is 0 Å². The third-order valence-electron chi connectivity index (χ3n) is 1.50. The molecule has 0 aromatic carbocycles. The van der Waals surface area contributed by atoms with Crippen LogP contribution in [0.5, 0.6) is 0 Å². The maximum Gasteiger partial charge on any atom is 0.0807 e. The summed E-state index contributed by atoms with van der Waals surface area (Å²) in [6.45, 7) is 1.97. The summed E-state index contributed by atoms with van der Waals surface area (Å²) in [5.74, 6) is 0. The molecule has 0 radical (unpaired) electrons. The van der Waals surface area contributed by atoms with Gasteiger partial charge in [-0.15, -0.1) is 0 Å². The summed E-state index contributed by atoms with van der Waals surface area (Å²) < 4.78 is 0. The first kappa shape index (κ1) is 9.67. The molecule has 0 unspecified atom stereocenters. The highest BCUT2D eigenvalue weighted by atomic mass is 32.1. The van der Waals surface area contributed by atoms with Crippen LogP contribution in [0.1, 0.15) is 12.6 Å². The van der Waals surface area contributed by atoms with Gasteiger partial charge in [0.1, 0.15) is 0 Å². The molecule has 1 aromatic rings. The molecular formula is C9H11N3S. The lowest BCUT2D eigenvalue weighted by molar-refractivity contribution is 0.844. The van der Waals surface area contributed by atoms with Gasteiger partial charge in [-0.1, -0.05) is 18.3 Å². The van der Waals surface area contributed by atoms with Gasteiger partial charge >= 0.3 is 0 Å². The van der Waals surface area contributed by atoms with Gasteiger partial charge in [0.05, 0.1) is 11.2 Å². The Morgan fingerprint density at radius 1 is 1.46 bits per heavy atom. The van der Waals surface area contributed by atoms with E-state index in [1.165, 1.54) is 5.49 Å². The van der Waals surface area contributed by atoms with E-state index in [0.717, 1.165) is 11.3 Å². The van der Waals surface area contributed by atoms with Crippen molar-refractivity contribution in [3.8, 4) is 0 Å². The smallest absolute Gasteiger partial charge is 0.0807 e. The van der Waals surface area contributed by atoms with Gasteiger partial charge in [0.15, 0.2) is 0 Å². The van der Waals surface area contributed by atoms with Gasteiger partial charge in [-0.2, -0.15) is 0 Å². The van der Waals surface area contributed by atoms with Crippen LogP contribution in [-0.2, 0) is 0 Å². The molecule has 1 aromatic heterocycles. The van der Waals surface area contributed by atoms with Crippen molar-refractivity contribution in [2.45, 2.75) is 6.92 Å². The molecule has 1 rings (SSSR count). The number of rotatable bonds is 4. The Labute approximate surface area is 82.8 Å². The normalized spacial score (nSPS) is 10.7. The number of aromatic nitrogens is 1. The van der Waals surface area contributed by atoms with Gasteiger partial charge < -0.3 is 5.43 Å². The highest BCUT2D eigenvalue weighted by Crippen LogP contribution is 2.07. The molecule has 0 atom stereocenters. The molecule has 0 fully saturated rings. The fourth-order valence-corrected chi connectivity index (χ4v) is 0.922. The summed E-state index contributed by atoms with van der Waals surface area (Å²) in [5, 5.41) is 0. The maximum absolute atomic E-state index is 4.58. The molecule has 2 N–H and O–H groups in total. The topological polar surface area (TPSA) is 37.0 Å². The van der Waals surface area contributed by atoms with Crippen LogP contribution in [0.4, 0.5) is 0 Å². The van der Waals surface area contributed by atoms with Crippen LogP contribution >= 0.6 is 12.2 Å². The molecule has 3 nitrogen and oxygen atoms in total. The second-order valence-corrected chi connectivity index (χ2v) is 2.68. The van der Waals surface area contributed by atoms with Gasteiger partial charge in [-0.25, -0.2) is 0 Å². The van der Waals surface area contributed by atoms with Crippen molar-refractivity contribution < 1.29 is 0 Å². The third kappa shape index (κ3) is 3.21. The number of allylic oxidation sites excluding steroid dienone is 1. The Kier molecular flexibility index (Phi) is 3.92. The summed E-state index contributed by atoms with van der Waals surface area (Å²) in [6.07, 6.45) is 3.57. The molecule has 1 heterocycles. The number of hydrazine groups is 1. The predicted molar refractivity (Wildman–Crippen MR) is 57.8 cm³/mol. The number of pyridine rings is 1. The molecule has 0 amide bonds. The number of hydrogen-bond acceptors (Lipinski definition) is 3. The zero-order valence-corrected chi connectivity index (χ0v) is 8.14. The third-order valence-corrected chi connectivity index (χ3v) is 1.62. The highest BCUT2D eigenvalue weighted by molar-refractivity contribution is 7.78. The summed E-state index contributed by atoms with van der Waals surface area (Å²) in [4.78, 5) is 4.19. The average molecular weight is 193 g/mol. The molecule has 0 bridgehead atoms. The van der Waals surface area contributed by atoms with Crippen LogP contribution in [0.25, 0.3) is 5.57 Å². The van der Waals surface area contributed by atoms with Gasteiger partial charge in [-0.05, 0) is 24.6 Å². The van der Waals surface area contributed by atoms with Crippen molar-refractivity contribution in [1.29, 1.82) is 0 Å². The standard InChI is InChI=1S/C9H11N3S/c1-8(6-11-12-7-13)9-4-2-3-5-10-9/h2-7,11H,1H3,(H,12,13)/b8-6+. The van der Waals surface area contributed by atoms with Crippen LogP contribution in [0.3, 0.4) is 0 Å². The van der Waals surface area contributed by atoms with Crippen LogP contribution in [0, 0.1) is 0 Å². The molecule has 0 saturated carbocycles. The monoisotopic (exact) mass is 193 g/mol. The molecular weight excluding hydrogens is 182 g/mol. The van der Waals surface area contributed by atoms with Crippen LogP contribution < -0.4 is 10.9 Å². The van der Waals surface area contributed by atoms with E-state index in [1.54, 1.807) is 6.20 Å². The Bertz CT molecular complexity index is 295. The second-order valence-electron chi connectivity index (χ2n) is 2.45. The summed E-state index contributed by atoms with van der Waals surface area (Å²) >= 11 is 4.58. The van der Waals surface area contributed by atoms with E-state index < -0.39 is 0 Å². The van der Waals surface area contributed by atoms with E-state index >= 15 is 0 Å². The van der Waals surface area contributed by atoms with E-state index in [-0.39, 0.29) is 0 Å². The van der Waals surface area contributed by atoms with Crippen LogP contribution in [0.15, 0.2) is 30.6 Å². The molecule has 68 valence electrons. The van der Waals surface area contributed by atoms with E-state index in [1.807, 2.05) is 31.3 Å². The zero-order chi connectivity index (χ0) is 9.52. The molecule has 0 saturated heterocycles. The van der Waals surface area contributed by atoms with Gasteiger partial charge in [0.2, 0.25) is 0 Å². The largest absolute Gasteiger partial charge is 0.308 e. The fourth-order valence-electron chi connectivity index (χ4n) is 0.854. The van der Waals surface area contributed by atoms with Crippen LogP contribution in [0.2, 0.25) is 0 Å².